The maximum absolute atomic E-state index is 12.7. The summed E-state index contributed by atoms with van der Waals surface area (Å²) in [6.45, 7) is 4.79. The van der Waals surface area contributed by atoms with Gasteiger partial charge in [-0.3, -0.25) is 9.59 Å². The number of aryl methyl sites for hydroxylation is 2. The maximum atomic E-state index is 12.7. The summed E-state index contributed by atoms with van der Waals surface area (Å²) in [6.07, 6.45) is 9.23. The van der Waals surface area contributed by atoms with E-state index in [4.69, 9.17) is 4.98 Å². The molecule has 0 aliphatic carbocycles. The molecule has 6 heteroatoms. The Morgan fingerprint density at radius 2 is 1.79 bits per heavy atom. The van der Waals surface area contributed by atoms with Crippen LogP contribution in [-0.4, -0.2) is 45.9 Å². The lowest BCUT2D eigenvalue weighted by Gasteiger charge is -2.20. The van der Waals surface area contributed by atoms with Gasteiger partial charge in [-0.15, -0.1) is 0 Å². The number of unbranched alkanes of at least 4 members (excludes halogenated alkanes) is 2. The van der Waals surface area contributed by atoms with E-state index in [0.29, 0.717) is 13.0 Å². The standard InChI is InChI=1S/C23H34N4O2/c1-19(28)24-15-8-4-5-13-22-25-20-11-6-7-12-21(20)27(22)18-14-23(29)26-16-9-2-3-10-17-26/h6-7,11-12H,2-5,8-10,13-18H2,1H3,(H,24,28). The molecule has 1 aliphatic heterocycles. The zero-order valence-electron chi connectivity index (χ0n) is 17.7. The molecule has 0 atom stereocenters. The topological polar surface area (TPSA) is 67.2 Å². The van der Waals surface area contributed by atoms with Crippen LogP contribution in [0.1, 0.15) is 64.1 Å². The Labute approximate surface area is 173 Å². The Hall–Kier alpha value is -2.37. The quantitative estimate of drug-likeness (QED) is 0.655. The van der Waals surface area contributed by atoms with Crippen LogP contribution in [0.4, 0.5) is 0 Å². The zero-order chi connectivity index (χ0) is 20.5. The van der Waals surface area contributed by atoms with E-state index in [-0.39, 0.29) is 11.8 Å². The van der Waals surface area contributed by atoms with Crippen LogP contribution >= 0.6 is 0 Å². The van der Waals surface area contributed by atoms with Gasteiger partial charge in [0.05, 0.1) is 11.0 Å². The molecule has 1 aromatic heterocycles. The molecule has 2 amide bonds. The molecule has 29 heavy (non-hydrogen) atoms. The van der Waals surface area contributed by atoms with Crippen LogP contribution in [0.15, 0.2) is 24.3 Å². The Morgan fingerprint density at radius 1 is 1.03 bits per heavy atom. The fourth-order valence-electron chi connectivity index (χ4n) is 4.10. The van der Waals surface area contributed by atoms with Gasteiger partial charge in [0.2, 0.25) is 11.8 Å². The number of likely N-dealkylation sites (tertiary alicyclic amines) is 1. The lowest BCUT2D eigenvalue weighted by Crippen LogP contribution is -2.32. The van der Waals surface area contributed by atoms with Crippen molar-refractivity contribution in [2.75, 3.05) is 19.6 Å². The normalized spacial score (nSPS) is 14.7. The molecular formula is C23H34N4O2. The van der Waals surface area contributed by atoms with Gasteiger partial charge in [-0.05, 0) is 37.8 Å². The van der Waals surface area contributed by atoms with Crippen molar-refractivity contribution >= 4 is 22.8 Å². The molecule has 0 saturated carbocycles. The van der Waals surface area contributed by atoms with Crippen molar-refractivity contribution in [1.29, 1.82) is 0 Å². The van der Waals surface area contributed by atoms with E-state index in [0.717, 1.165) is 75.0 Å². The highest BCUT2D eigenvalue weighted by molar-refractivity contribution is 5.78. The number of hydrogen-bond donors (Lipinski definition) is 1. The molecule has 1 aliphatic rings. The molecule has 0 radical (unpaired) electrons. The molecule has 0 spiro atoms. The first-order chi connectivity index (χ1) is 14.1. The smallest absolute Gasteiger partial charge is 0.224 e. The third kappa shape index (κ3) is 6.31. The third-order valence-electron chi connectivity index (χ3n) is 5.69. The Bertz CT molecular complexity index is 806. The van der Waals surface area contributed by atoms with Crippen molar-refractivity contribution < 1.29 is 9.59 Å². The summed E-state index contributed by atoms with van der Waals surface area (Å²) in [6, 6.07) is 8.19. The van der Waals surface area contributed by atoms with E-state index in [1.165, 1.54) is 12.8 Å². The monoisotopic (exact) mass is 398 g/mol. The van der Waals surface area contributed by atoms with Gasteiger partial charge in [-0.1, -0.05) is 31.4 Å². The third-order valence-corrected chi connectivity index (χ3v) is 5.69. The molecule has 1 aromatic carbocycles. The SMILES string of the molecule is CC(=O)NCCCCCc1nc2ccccc2n1CCC(=O)N1CCCCCC1. The average Bonchev–Trinajstić information content (AvgIpc) is 2.87. The van der Waals surface area contributed by atoms with E-state index in [1.54, 1.807) is 6.92 Å². The minimum absolute atomic E-state index is 0.0286. The minimum Gasteiger partial charge on any atom is -0.356 e. The fourth-order valence-corrected chi connectivity index (χ4v) is 4.10. The largest absolute Gasteiger partial charge is 0.356 e. The number of imidazole rings is 1. The number of nitrogens with one attached hydrogen (secondary N) is 1. The van der Waals surface area contributed by atoms with Crippen molar-refractivity contribution in [1.82, 2.24) is 19.8 Å². The number of nitrogens with zero attached hydrogens (tertiary/aromatic N) is 3. The van der Waals surface area contributed by atoms with Crippen LogP contribution in [-0.2, 0) is 22.6 Å². The number of benzene rings is 1. The highest BCUT2D eigenvalue weighted by Crippen LogP contribution is 2.19. The molecular weight excluding hydrogens is 364 g/mol. The predicted octanol–water partition coefficient (Wildman–Crippen LogP) is 3.68. The highest BCUT2D eigenvalue weighted by atomic mass is 16.2. The summed E-state index contributed by atoms with van der Waals surface area (Å²) in [5.74, 6) is 1.36. The number of aromatic nitrogens is 2. The second-order valence-electron chi connectivity index (χ2n) is 8.01. The first kappa shape index (κ1) is 21.3. The number of amides is 2. The first-order valence-corrected chi connectivity index (χ1v) is 11.1. The highest BCUT2D eigenvalue weighted by Gasteiger charge is 2.17. The van der Waals surface area contributed by atoms with Crippen LogP contribution < -0.4 is 5.32 Å². The Balaban J connectivity index is 1.59. The molecule has 2 heterocycles. The van der Waals surface area contributed by atoms with Gasteiger partial charge >= 0.3 is 0 Å². The van der Waals surface area contributed by atoms with Crippen molar-refractivity contribution in [2.45, 2.75) is 71.3 Å². The number of carbonyl (C=O) groups excluding carboxylic acids is 2. The Morgan fingerprint density at radius 3 is 2.55 bits per heavy atom. The Kier molecular flexibility index (Phi) is 8.08. The fraction of sp³-hybridized carbons (Fsp3) is 0.609. The van der Waals surface area contributed by atoms with E-state index in [9.17, 15) is 9.59 Å². The van der Waals surface area contributed by atoms with Crippen LogP contribution in [0, 0.1) is 0 Å². The van der Waals surface area contributed by atoms with Gasteiger partial charge in [0.1, 0.15) is 5.82 Å². The lowest BCUT2D eigenvalue weighted by atomic mass is 10.2. The number of rotatable bonds is 9. The second kappa shape index (κ2) is 11.0. The van der Waals surface area contributed by atoms with Crippen molar-refractivity contribution in [3.63, 3.8) is 0 Å². The van der Waals surface area contributed by atoms with Crippen LogP contribution in [0.2, 0.25) is 0 Å². The van der Waals surface area contributed by atoms with Crippen molar-refractivity contribution in [3.05, 3.63) is 30.1 Å². The van der Waals surface area contributed by atoms with Gasteiger partial charge < -0.3 is 14.8 Å². The van der Waals surface area contributed by atoms with Crippen LogP contribution in [0.25, 0.3) is 11.0 Å². The molecule has 3 rings (SSSR count). The number of fused-ring (bicyclic) bond motifs is 1. The maximum Gasteiger partial charge on any atom is 0.224 e. The van der Waals surface area contributed by atoms with Gasteiger partial charge in [0.25, 0.3) is 0 Å². The summed E-state index contributed by atoms with van der Waals surface area (Å²) in [4.78, 5) is 30.6. The number of para-hydroxylation sites is 2. The molecule has 1 saturated heterocycles. The summed E-state index contributed by atoms with van der Waals surface area (Å²) in [5, 5.41) is 2.84. The molecule has 158 valence electrons. The predicted molar refractivity (Wildman–Crippen MR) is 116 cm³/mol. The van der Waals surface area contributed by atoms with E-state index in [1.807, 2.05) is 23.1 Å². The molecule has 0 bridgehead atoms. The zero-order valence-corrected chi connectivity index (χ0v) is 17.7. The molecule has 6 nitrogen and oxygen atoms in total. The van der Waals surface area contributed by atoms with E-state index < -0.39 is 0 Å². The number of hydrogen-bond acceptors (Lipinski definition) is 3. The second-order valence-corrected chi connectivity index (χ2v) is 8.01. The van der Waals surface area contributed by atoms with Gasteiger partial charge in [-0.2, -0.15) is 0 Å². The summed E-state index contributed by atoms with van der Waals surface area (Å²) in [5.41, 5.74) is 2.12. The molecule has 2 aromatic rings. The van der Waals surface area contributed by atoms with Gasteiger partial charge in [0.15, 0.2) is 0 Å². The minimum atomic E-state index is 0.0286. The summed E-state index contributed by atoms with van der Waals surface area (Å²) in [7, 11) is 0. The van der Waals surface area contributed by atoms with Crippen molar-refractivity contribution in [3.8, 4) is 0 Å². The van der Waals surface area contributed by atoms with Gasteiger partial charge in [0, 0.05) is 45.9 Å². The van der Waals surface area contributed by atoms with E-state index in [2.05, 4.69) is 16.0 Å². The average molecular weight is 399 g/mol. The molecule has 1 N–H and O–H groups in total. The van der Waals surface area contributed by atoms with Crippen LogP contribution in [0.3, 0.4) is 0 Å². The summed E-state index contributed by atoms with van der Waals surface area (Å²) >= 11 is 0. The number of carbonyl (C=O) groups is 2. The van der Waals surface area contributed by atoms with Crippen LogP contribution in [0.5, 0.6) is 0 Å². The molecule has 0 unspecified atom stereocenters. The first-order valence-electron chi connectivity index (χ1n) is 11.1. The van der Waals surface area contributed by atoms with Crippen molar-refractivity contribution in [2.24, 2.45) is 0 Å². The lowest BCUT2D eigenvalue weighted by molar-refractivity contribution is -0.131. The molecule has 1 fully saturated rings. The van der Waals surface area contributed by atoms with E-state index >= 15 is 0 Å². The van der Waals surface area contributed by atoms with Gasteiger partial charge in [-0.25, -0.2) is 4.98 Å². The summed E-state index contributed by atoms with van der Waals surface area (Å²) < 4.78 is 2.23.